The van der Waals surface area contributed by atoms with Gasteiger partial charge in [0.05, 0.1) is 6.42 Å². The zero-order valence-electron chi connectivity index (χ0n) is 15.2. The van der Waals surface area contributed by atoms with Crippen LogP contribution < -0.4 is 5.56 Å². The van der Waals surface area contributed by atoms with Crippen LogP contribution in [0.25, 0.3) is 10.8 Å². The van der Waals surface area contributed by atoms with Gasteiger partial charge in [-0.2, -0.15) is 0 Å². The first-order chi connectivity index (χ1) is 13.2. The summed E-state index contributed by atoms with van der Waals surface area (Å²) < 4.78 is 0. The fourth-order valence-corrected chi connectivity index (χ4v) is 4.28. The molecule has 1 aliphatic heterocycles. The third-order valence-electron chi connectivity index (χ3n) is 5.13. The van der Waals surface area contributed by atoms with Crippen LogP contribution in [0.1, 0.15) is 10.6 Å². The van der Waals surface area contributed by atoms with Crippen LogP contribution >= 0.6 is 11.3 Å². The average Bonchev–Trinajstić information content (AvgIpc) is 3.20. The third kappa shape index (κ3) is 4.28. The van der Waals surface area contributed by atoms with Gasteiger partial charge in [-0.05, 0) is 35.4 Å². The molecule has 1 N–H and O–H groups in total. The molecule has 1 aromatic carbocycles. The zero-order valence-corrected chi connectivity index (χ0v) is 16.0. The minimum atomic E-state index is -0.130. The predicted molar refractivity (Wildman–Crippen MR) is 109 cm³/mol. The van der Waals surface area contributed by atoms with Crippen LogP contribution in [0, 0.1) is 0 Å². The Labute approximate surface area is 162 Å². The fraction of sp³-hybridized carbons (Fsp3) is 0.333. The smallest absolute Gasteiger partial charge is 0.256 e. The first-order valence-electron chi connectivity index (χ1n) is 9.32. The Bertz CT molecular complexity index is 973. The number of aromatic nitrogens is 1. The topological polar surface area (TPSA) is 56.4 Å². The van der Waals surface area contributed by atoms with E-state index in [1.807, 2.05) is 29.2 Å². The Morgan fingerprint density at radius 1 is 1.07 bits per heavy atom. The van der Waals surface area contributed by atoms with E-state index in [4.69, 9.17) is 0 Å². The van der Waals surface area contributed by atoms with Crippen molar-refractivity contribution in [3.63, 3.8) is 0 Å². The van der Waals surface area contributed by atoms with E-state index in [1.54, 1.807) is 17.4 Å². The van der Waals surface area contributed by atoms with E-state index in [1.165, 1.54) is 4.88 Å². The number of piperazine rings is 1. The van der Waals surface area contributed by atoms with Gasteiger partial charge in [0.15, 0.2) is 0 Å². The van der Waals surface area contributed by atoms with Crippen LogP contribution in [0.2, 0.25) is 0 Å². The largest absolute Gasteiger partial charge is 0.340 e. The molecule has 0 radical (unpaired) electrons. The summed E-state index contributed by atoms with van der Waals surface area (Å²) in [5.74, 6) is 0.0823. The van der Waals surface area contributed by atoms with Crippen LogP contribution in [0.15, 0.2) is 52.6 Å². The van der Waals surface area contributed by atoms with Gasteiger partial charge in [0.25, 0.3) is 5.56 Å². The lowest BCUT2D eigenvalue weighted by molar-refractivity contribution is -0.132. The second-order valence-electron chi connectivity index (χ2n) is 6.94. The van der Waals surface area contributed by atoms with Crippen molar-refractivity contribution in [2.75, 3.05) is 32.7 Å². The average molecular weight is 382 g/mol. The lowest BCUT2D eigenvalue weighted by atomic mass is 10.1. The maximum Gasteiger partial charge on any atom is 0.256 e. The molecule has 3 heterocycles. The number of thiophene rings is 1. The number of aromatic amines is 1. The Morgan fingerprint density at radius 2 is 1.89 bits per heavy atom. The first kappa shape index (κ1) is 17.9. The first-order valence-corrected chi connectivity index (χ1v) is 10.2. The van der Waals surface area contributed by atoms with E-state index in [2.05, 4.69) is 27.4 Å². The molecule has 0 spiro atoms. The molecule has 1 amide bonds. The van der Waals surface area contributed by atoms with Crippen LogP contribution in [-0.4, -0.2) is 53.4 Å². The van der Waals surface area contributed by atoms with Gasteiger partial charge in [-0.15, -0.1) is 11.3 Å². The van der Waals surface area contributed by atoms with Crippen molar-refractivity contribution in [2.45, 2.75) is 12.8 Å². The number of amides is 1. The van der Waals surface area contributed by atoms with Gasteiger partial charge in [0.2, 0.25) is 5.91 Å². The molecule has 4 rings (SSSR count). The fourth-order valence-electron chi connectivity index (χ4n) is 3.58. The molecule has 2 aromatic heterocycles. The molecule has 0 unspecified atom stereocenters. The quantitative estimate of drug-likeness (QED) is 0.739. The Morgan fingerprint density at radius 3 is 2.67 bits per heavy atom. The van der Waals surface area contributed by atoms with Crippen LogP contribution in [-0.2, 0) is 17.6 Å². The lowest BCUT2D eigenvalue weighted by Crippen LogP contribution is -2.49. The zero-order chi connectivity index (χ0) is 18.6. The van der Waals surface area contributed by atoms with Gasteiger partial charge in [-0.3, -0.25) is 14.5 Å². The lowest BCUT2D eigenvalue weighted by Gasteiger charge is -2.34. The summed E-state index contributed by atoms with van der Waals surface area (Å²) in [4.78, 5) is 33.4. The van der Waals surface area contributed by atoms with Crippen molar-refractivity contribution in [3.05, 3.63) is 68.8 Å². The number of nitrogens with zero attached hydrogens (tertiary/aromatic N) is 2. The molecule has 0 atom stereocenters. The van der Waals surface area contributed by atoms with Crippen LogP contribution in [0.5, 0.6) is 0 Å². The Kier molecular flexibility index (Phi) is 5.36. The van der Waals surface area contributed by atoms with Gasteiger partial charge in [-0.25, -0.2) is 0 Å². The summed E-state index contributed by atoms with van der Waals surface area (Å²) in [5, 5.41) is 3.65. The highest BCUT2D eigenvalue weighted by Crippen LogP contribution is 2.13. The number of H-pyrrole nitrogens is 1. The molecule has 140 valence electrons. The molecule has 0 aliphatic carbocycles. The maximum atomic E-state index is 12.7. The molecule has 6 heteroatoms. The minimum Gasteiger partial charge on any atom is -0.340 e. The summed E-state index contributed by atoms with van der Waals surface area (Å²) in [6.07, 6.45) is 1.32. The minimum absolute atomic E-state index is 0.0823. The Hall–Kier alpha value is -2.44. The van der Waals surface area contributed by atoms with Crippen LogP contribution in [0.3, 0.4) is 0 Å². The highest BCUT2D eigenvalue weighted by atomic mass is 32.1. The van der Waals surface area contributed by atoms with E-state index in [-0.39, 0.29) is 17.9 Å². The molecule has 1 fully saturated rings. The summed E-state index contributed by atoms with van der Waals surface area (Å²) in [5.41, 5.74) is 0.554. The molecule has 0 saturated carbocycles. The summed E-state index contributed by atoms with van der Waals surface area (Å²) in [6.45, 7) is 4.36. The van der Waals surface area contributed by atoms with Gasteiger partial charge in [-0.1, -0.05) is 24.3 Å². The van der Waals surface area contributed by atoms with E-state index in [9.17, 15) is 9.59 Å². The molecule has 3 aromatic rings. The molecule has 1 aliphatic rings. The van der Waals surface area contributed by atoms with E-state index in [0.717, 1.165) is 44.5 Å². The van der Waals surface area contributed by atoms with Crippen molar-refractivity contribution < 1.29 is 4.79 Å². The van der Waals surface area contributed by atoms with E-state index >= 15 is 0 Å². The Balaban J connectivity index is 1.32. The number of hydrogen-bond donors (Lipinski definition) is 1. The van der Waals surface area contributed by atoms with Crippen molar-refractivity contribution in [3.8, 4) is 0 Å². The number of rotatable bonds is 5. The van der Waals surface area contributed by atoms with Crippen molar-refractivity contribution in [1.82, 2.24) is 14.8 Å². The number of carbonyl (C=O) groups excluding carboxylic acids is 1. The number of benzene rings is 1. The van der Waals surface area contributed by atoms with Crippen molar-refractivity contribution in [2.24, 2.45) is 0 Å². The van der Waals surface area contributed by atoms with Crippen molar-refractivity contribution in [1.29, 1.82) is 0 Å². The second kappa shape index (κ2) is 8.06. The molecule has 0 bridgehead atoms. The van der Waals surface area contributed by atoms with Gasteiger partial charge in [0.1, 0.15) is 0 Å². The monoisotopic (exact) mass is 381 g/mol. The molecular formula is C21H23N3O2S. The van der Waals surface area contributed by atoms with Gasteiger partial charge in [0, 0.05) is 48.7 Å². The van der Waals surface area contributed by atoms with Crippen LogP contribution in [0.4, 0.5) is 0 Å². The molecule has 27 heavy (non-hydrogen) atoms. The summed E-state index contributed by atoms with van der Waals surface area (Å²) in [6, 6.07) is 13.6. The molecule has 5 nitrogen and oxygen atoms in total. The number of hydrogen-bond acceptors (Lipinski definition) is 4. The highest BCUT2D eigenvalue weighted by Gasteiger charge is 2.21. The molecule has 1 saturated heterocycles. The number of fused-ring (bicyclic) bond motifs is 1. The number of pyridine rings is 1. The summed E-state index contributed by atoms with van der Waals surface area (Å²) in [7, 11) is 0. The molecular weight excluding hydrogens is 358 g/mol. The highest BCUT2D eigenvalue weighted by molar-refractivity contribution is 7.09. The van der Waals surface area contributed by atoms with E-state index < -0.39 is 0 Å². The second-order valence-corrected chi connectivity index (χ2v) is 7.97. The number of nitrogens with one attached hydrogen (secondary N) is 1. The van der Waals surface area contributed by atoms with E-state index in [0.29, 0.717) is 11.1 Å². The van der Waals surface area contributed by atoms with Gasteiger partial charge >= 0.3 is 0 Å². The normalized spacial score (nSPS) is 15.3. The summed E-state index contributed by atoms with van der Waals surface area (Å²) >= 11 is 1.80. The predicted octanol–water partition coefficient (Wildman–Crippen LogP) is 2.52. The van der Waals surface area contributed by atoms with Gasteiger partial charge < -0.3 is 9.88 Å². The SMILES string of the molecule is O=C(Cc1cc2ccccc2c(=O)[nH]1)N1CCN(CCc2cccs2)CC1. The third-order valence-corrected chi connectivity index (χ3v) is 6.07. The number of carbonyl (C=O) groups is 1. The maximum absolute atomic E-state index is 12.7. The standard InChI is InChI=1S/C21H23N3O2S/c25-20(15-17-14-16-4-1-2-6-19(16)21(26)22-17)24-11-9-23(10-12-24)8-7-18-5-3-13-27-18/h1-6,13-14H,7-12,15H2,(H,22,26). The van der Waals surface area contributed by atoms with Crippen molar-refractivity contribution >= 4 is 28.0 Å².